The van der Waals surface area contributed by atoms with Gasteiger partial charge in [-0.05, 0) is 26.2 Å². The highest BCUT2D eigenvalue weighted by molar-refractivity contribution is 5.91. The van der Waals surface area contributed by atoms with Gasteiger partial charge in [0.1, 0.15) is 11.6 Å². The first-order valence-corrected chi connectivity index (χ1v) is 7.86. The Hall–Kier alpha value is -2.51. The number of carbonyl (C=O) groups excluding carboxylic acids is 1. The number of hydrogen-bond donors (Lipinski definition) is 1. The van der Waals surface area contributed by atoms with E-state index in [4.69, 9.17) is 0 Å². The Morgan fingerprint density at radius 1 is 1.26 bits per heavy atom. The predicted octanol–water partition coefficient (Wildman–Crippen LogP) is 0.834. The molecule has 2 aromatic rings. The third-order valence-corrected chi connectivity index (χ3v) is 3.81. The van der Waals surface area contributed by atoms with Crippen LogP contribution in [-0.4, -0.2) is 44.0 Å². The van der Waals surface area contributed by atoms with Gasteiger partial charge in [-0.15, -0.1) is 5.10 Å². The molecule has 1 amide bonds. The minimum absolute atomic E-state index is 0.275. The second-order valence-corrected chi connectivity index (χ2v) is 5.79. The van der Waals surface area contributed by atoms with Gasteiger partial charge in [-0.25, -0.2) is 9.97 Å². The second kappa shape index (κ2) is 6.72. The summed E-state index contributed by atoms with van der Waals surface area (Å²) in [6, 6.07) is 2.00. The highest BCUT2D eigenvalue weighted by Gasteiger charge is 2.15. The van der Waals surface area contributed by atoms with Crippen LogP contribution in [0.3, 0.4) is 0 Å². The van der Waals surface area contributed by atoms with E-state index < -0.39 is 0 Å². The lowest BCUT2D eigenvalue weighted by Crippen LogP contribution is -2.31. The molecule has 122 valence electrons. The SMILES string of the molecule is Cc1cc(N2CCCCC2)nc(CNC(=O)c2cn(C)nn2)n1. The first-order chi connectivity index (χ1) is 11.1. The standard InChI is InChI=1S/C15H21N7O/c1-11-8-14(22-6-4-3-5-7-22)18-13(17-11)9-16-15(23)12-10-21(2)20-19-12/h8,10H,3-7,9H2,1-2H3,(H,16,23). The number of amides is 1. The first-order valence-electron chi connectivity index (χ1n) is 7.86. The van der Waals surface area contributed by atoms with Crippen LogP contribution in [-0.2, 0) is 13.6 Å². The van der Waals surface area contributed by atoms with Crippen LogP contribution in [0.1, 0.15) is 41.3 Å². The van der Waals surface area contributed by atoms with Crippen molar-refractivity contribution in [3.05, 3.63) is 29.5 Å². The molecule has 23 heavy (non-hydrogen) atoms. The van der Waals surface area contributed by atoms with Gasteiger partial charge in [0.2, 0.25) is 0 Å². The van der Waals surface area contributed by atoms with Crippen molar-refractivity contribution in [2.45, 2.75) is 32.7 Å². The van der Waals surface area contributed by atoms with Gasteiger partial charge in [0.15, 0.2) is 5.69 Å². The maximum Gasteiger partial charge on any atom is 0.273 e. The molecule has 0 atom stereocenters. The van der Waals surface area contributed by atoms with Crippen molar-refractivity contribution in [3.8, 4) is 0 Å². The first kappa shape index (κ1) is 15.4. The largest absolute Gasteiger partial charge is 0.357 e. The van der Waals surface area contributed by atoms with Gasteiger partial charge in [0, 0.05) is 31.9 Å². The van der Waals surface area contributed by atoms with Crippen LogP contribution in [0.15, 0.2) is 12.3 Å². The quantitative estimate of drug-likeness (QED) is 0.899. The van der Waals surface area contributed by atoms with Crippen LogP contribution in [0.4, 0.5) is 5.82 Å². The Bertz CT molecular complexity index is 691. The summed E-state index contributed by atoms with van der Waals surface area (Å²) in [4.78, 5) is 23.3. The van der Waals surface area contributed by atoms with E-state index in [1.54, 1.807) is 13.2 Å². The molecule has 2 aromatic heterocycles. The highest BCUT2D eigenvalue weighted by Crippen LogP contribution is 2.18. The van der Waals surface area contributed by atoms with Gasteiger partial charge in [0.25, 0.3) is 5.91 Å². The van der Waals surface area contributed by atoms with Crippen molar-refractivity contribution >= 4 is 11.7 Å². The van der Waals surface area contributed by atoms with Crippen LogP contribution in [0.5, 0.6) is 0 Å². The Labute approximate surface area is 134 Å². The predicted molar refractivity (Wildman–Crippen MR) is 85.0 cm³/mol. The molecule has 0 bridgehead atoms. The summed E-state index contributed by atoms with van der Waals surface area (Å²) in [5, 5.41) is 10.3. The third kappa shape index (κ3) is 3.82. The molecular formula is C15H21N7O. The molecule has 0 saturated carbocycles. The summed E-state index contributed by atoms with van der Waals surface area (Å²) in [6.45, 7) is 4.28. The highest BCUT2D eigenvalue weighted by atomic mass is 16.2. The van der Waals surface area contributed by atoms with Crippen molar-refractivity contribution in [1.82, 2.24) is 30.3 Å². The van der Waals surface area contributed by atoms with E-state index in [1.165, 1.54) is 23.9 Å². The summed E-state index contributed by atoms with van der Waals surface area (Å²) in [5.41, 5.74) is 1.20. The normalized spacial score (nSPS) is 14.8. The average Bonchev–Trinajstić information content (AvgIpc) is 2.99. The van der Waals surface area contributed by atoms with E-state index in [0.29, 0.717) is 5.82 Å². The van der Waals surface area contributed by atoms with E-state index in [9.17, 15) is 4.79 Å². The molecular weight excluding hydrogens is 294 g/mol. The van der Waals surface area contributed by atoms with E-state index in [2.05, 4.69) is 30.5 Å². The fourth-order valence-corrected chi connectivity index (χ4v) is 2.68. The second-order valence-electron chi connectivity index (χ2n) is 5.79. The molecule has 0 aliphatic carbocycles. The summed E-state index contributed by atoms with van der Waals surface area (Å²) in [5.74, 6) is 1.28. The molecule has 0 unspecified atom stereocenters. The van der Waals surface area contributed by atoms with Crippen LogP contribution in [0.25, 0.3) is 0 Å². The Kier molecular flexibility index (Phi) is 4.50. The molecule has 3 heterocycles. The van der Waals surface area contributed by atoms with Gasteiger partial charge in [-0.3, -0.25) is 9.48 Å². The molecule has 1 N–H and O–H groups in total. The van der Waals surface area contributed by atoms with Gasteiger partial charge in [-0.1, -0.05) is 5.21 Å². The number of hydrogen-bond acceptors (Lipinski definition) is 6. The Balaban J connectivity index is 1.67. The number of aryl methyl sites for hydroxylation is 2. The fourth-order valence-electron chi connectivity index (χ4n) is 2.68. The van der Waals surface area contributed by atoms with Crippen molar-refractivity contribution in [2.75, 3.05) is 18.0 Å². The number of piperidine rings is 1. The third-order valence-electron chi connectivity index (χ3n) is 3.81. The van der Waals surface area contributed by atoms with E-state index in [0.717, 1.165) is 24.6 Å². The number of rotatable bonds is 4. The van der Waals surface area contributed by atoms with Crippen LogP contribution >= 0.6 is 0 Å². The molecule has 1 saturated heterocycles. The van der Waals surface area contributed by atoms with Crippen molar-refractivity contribution < 1.29 is 4.79 Å². The molecule has 8 heteroatoms. The van der Waals surface area contributed by atoms with Crippen LogP contribution in [0.2, 0.25) is 0 Å². The zero-order valence-electron chi connectivity index (χ0n) is 13.5. The summed E-state index contributed by atoms with van der Waals surface area (Å²) < 4.78 is 1.49. The van der Waals surface area contributed by atoms with Crippen molar-refractivity contribution in [3.63, 3.8) is 0 Å². The lowest BCUT2D eigenvalue weighted by molar-refractivity contribution is 0.0944. The topological polar surface area (TPSA) is 88.8 Å². The monoisotopic (exact) mass is 315 g/mol. The summed E-state index contributed by atoms with van der Waals surface area (Å²) in [7, 11) is 1.72. The van der Waals surface area contributed by atoms with E-state index in [-0.39, 0.29) is 18.1 Å². The maximum atomic E-state index is 12.0. The number of carbonyl (C=O) groups is 1. The number of anilines is 1. The molecule has 8 nitrogen and oxygen atoms in total. The summed E-state index contributed by atoms with van der Waals surface area (Å²) in [6.07, 6.45) is 5.25. The minimum Gasteiger partial charge on any atom is -0.357 e. The smallest absolute Gasteiger partial charge is 0.273 e. The number of nitrogens with zero attached hydrogens (tertiary/aromatic N) is 6. The van der Waals surface area contributed by atoms with Crippen molar-refractivity contribution in [1.29, 1.82) is 0 Å². The molecule has 0 aromatic carbocycles. The van der Waals surface area contributed by atoms with Crippen LogP contribution < -0.4 is 10.2 Å². The molecule has 1 aliphatic heterocycles. The zero-order valence-corrected chi connectivity index (χ0v) is 13.5. The van der Waals surface area contributed by atoms with Crippen molar-refractivity contribution in [2.24, 2.45) is 7.05 Å². The zero-order chi connectivity index (χ0) is 16.2. The fraction of sp³-hybridized carbons (Fsp3) is 0.533. The Morgan fingerprint density at radius 3 is 2.74 bits per heavy atom. The number of aromatic nitrogens is 5. The summed E-state index contributed by atoms with van der Waals surface area (Å²) >= 11 is 0. The van der Waals surface area contributed by atoms with Gasteiger partial charge >= 0.3 is 0 Å². The Morgan fingerprint density at radius 2 is 2.04 bits per heavy atom. The lowest BCUT2D eigenvalue weighted by Gasteiger charge is -2.28. The molecule has 1 fully saturated rings. The molecule has 1 aliphatic rings. The maximum absolute atomic E-state index is 12.0. The van der Waals surface area contributed by atoms with Gasteiger partial charge < -0.3 is 10.2 Å². The van der Waals surface area contributed by atoms with Gasteiger partial charge in [-0.2, -0.15) is 0 Å². The molecule has 0 spiro atoms. The van der Waals surface area contributed by atoms with E-state index in [1.807, 2.05) is 13.0 Å². The average molecular weight is 315 g/mol. The van der Waals surface area contributed by atoms with E-state index >= 15 is 0 Å². The number of nitrogens with one attached hydrogen (secondary N) is 1. The molecule has 3 rings (SSSR count). The minimum atomic E-state index is -0.275. The lowest BCUT2D eigenvalue weighted by atomic mass is 10.1. The van der Waals surface area contributed by atoms with Crippen LogP contribution in [0, 0.1) is 6.92 Å². The molecule has 0 radical (unpaired) electrons. The van der Waals surface area contributed by atoms with Gasteiger partial charge in [0.05, 0.1) is 12.7 Å².